The molecule has 0 aromatic rings. The van der Waals surface area contributed by atoms with E-state index in [9.17, 15) is 14.4 Å². The quantitative estimate of drug-likeness (QED) is 0.305. The van der Waals surface area contributed by atoms with Gasteiger partial charge in [0.2, 0.25) is 10.2 Å². The number of amides is 2. The van der Waals surface area contributed by atoms with Crippen LogP contribution in [0.5, 0.6) is 0 Å². The Morgan fingerprint density at radius 2 is 2.26 bits per heavy atom. The smallest absolute Gasteiger partial charge is 0.355 e. The fraction of sp³-hybridized carbons (Fsp3) is 0.583. The summed E-state index contributed by atoms with van der Waals surface area (Å²) in [5, 5.41) is 2.13. The zero-order valence-electron chi connectivity index (χ0n) is 11.9. The Balaban J connectivity index is 2.21. The van der Waals surface area contributed by atoms with Crippen molar-refractivity contribution in [2.24, 2.45) is 0 Å². The molecule has 0 spiro atoms. The highest BCUT2D eigenvalue weighted by Gasteiger charge is 2.53. The number of nitrogens with one attached hydrogen (secondary N) is 1. The maximum atomic E-state index is 12.4. The lowest BCUT2D eigenvalue weighted by atomic mass is 10.0. The van der Waals surface area contributed by atoms with Crippen LogP contribution in [0.4, 0.5) is 0 Å². The Bertz CT molecular complexity index is 553. The molecule has 2 rings (SSSR count). The number of ether oxygens (including phenoxy) is 1. The molecule has 2 atom stereocenters. The SMILES string of the molecule is CSCC1=C(C(=O)OCC(Cl)(Cl)Cl)N2C(=O)[C@@H](NC=O)[C@H]2SC1. The molecule has 23 heavy (non-hydrogen) atoms. The van der Waals surface area contributed by atoms with E-state index in [4.69, 9.17) is 39.5 Å². The molecule has 2 aliphatic rings. The van der Waals surface area contributed by atoms with Crippen molar-refractivity contribution in [3.05, 3.63) is 11.3 Å². The summed E-state index contributed by atoms with van der Waals surface area (Å²) in [7, 11) is 0. The fourth-order valence-electron chi connectivity index (χ4n) is 2.27. The van der Waals surface area contributed by atoms with Crippen LogP contribution in [0.1, 0.15) is 0 Å². The maximum Gasteiger partial charge on any atom is 0.355 e. The molecule has 0 aromatic carbocycles. The highest BCUT2D eigenvalue weighted by atomic mass is 35.6. The number of β-lactam (4-membered cyclic amide) rings is 1. The highest BCUT2D eigenvalue weighted by Crippen LogP contribution is 2.41. The molecular formula is C12H13Cl3N2O4S2. The molecule has 2 amide bonds. The van der Waals surface area contributed by atoms with Crippen molar-refractivity contribution >= 4 is 76.6 Å². The van der Waals surface area contributed by atoms with E-state index in [2.05, 4.69) is 5.32 Å². The summed E-state index contributed by atoms with van der Waals surface area (Å²) < 4.78 is 3.30. The first kappa shape index (κ1) is 19.1. The lowest BCUT2D eigenvalue weighted by Gasteiger charge is -2.49. The Morgan fingerprint density at radius 1 is 1.57 bits per heavy atom. The zero-order chi connectivity index (χ0) is 17.2. The number of nitrogens with zero attached hydrogens (tertiary/aromatic N) is 1. The molecule has 2 heterocycles. The van der Waals surface area contributed by atoms with Crippen LogP contribution < -0.4 is 5.32 Å². The topological polar surface area (TPSA) is 75.7 Å². The summed E-state index contributed by atoms with van der Waals surface area (Å²) in [6, 6.07) is -0.635. The number of hydrogen-bond acceptors (Lipinski definition) is 6. The van der Waals surface area contributed by atoms with Gasteiger partial charge in [-0.2, -0.15) is 11.8 Å². The number of carbonyl (C=O) groups is 3. The van der Waals surface area contributed by atoms with Crippen LogP contribution in [0.25, 0.3) is 0 Å². The van der Waals surface area contributed by atoms with Crippen molar-refractivity contribution in [1.82, 2.24) is 10.2 Å². The standard InChI is InChI=1S/C12H13Cl3N2O4S2/c1-22-2-6-3-23-10-7(16-5-18)9(19)17(10)8(6)11(20)21-4-12(13,14)15/h5,7,10H,2-4H2,1H3,(H,16,18)/t7-,10-/m1/s1. The van der Waals surface area contributed by atoms with Crippen LogP contribution in [-0.2, 0) is 19.1 Å². The average Bonchev–Trinajstić information content (AvgIpc) is 2.49. The molecule has 0 aromatic heterocycles. The summed E-state index contributed by atoms with van der Waals surface area (Å²) >= 11 is 19.8. The van der Waals surface area contributed by atoms with Gasteiger partial charge in [0, 0.05) is 11.5 Å². The lowest BCUT2D eigenvalue weighted by Crippen LogP contribution is -2.69. The zero-order valence-corrected chi connectivity index (χ0v) is 15.8. The van der Waals surface area contributed by atoms with E-state index in [1.54, 1.807) is 0 Å². The Labute approximate surface area is 156 Å². The molecule has 0 radical (unpaired) electrons. The number of thioether (sulfide) groups is 2. The molecule has 128 valence electrons. The second-order valence-electron chi connectivity index (χ2n) is 4.75. The normalized spacial score (nSPS) is 24.0. The van der Waals surface area contributed by atoms with Gasteiger partial charge in [-0.25, -0.2) is 4.79 Å². The summed E-state index contributed by atoms with van der Waals surface area (Å²) in [5.41, 5.74) is 0.970. The van der Waals surface area contributed by atoms with E-state index in [1.807, 2.05) is 6.26 Å². The minimum absolute atomic E-state index is 0.186. The fourth-order valence-corrected chi connectivity index (χ4v) is 4.50. The van der Waals surface area contributed by atoms with Gasteiger partial charge in [-0.15, -0.1) is 11.8 Å². The number of halogens is 3. The van der Waals surface area contributed by atoms with Crippen molar-refractivity contribution in [2.45, 2.75) is 15.2 Å². The third kappa shape index (κ3) is 4.22. The van der Waals surface area contributed by atoms with E-state index < -0.39 is 22.4 Å². The summed E-state index contributed by atoms with van der Waals surface area (Å²) in [5.74, 6) is 0.0789. The second-order valence-corrected chi connectivity index (χ2v) is 9.24. The van der Waals surface area contributed by atoms with E-state index in [0.717, 1.165) is 5.57 Å². The van der Waals surface area contributed by atoms with Gasteiger partial charge in [0.25, 0.3) is 5.91 Å². The van der Waals surface area contributed by atoms with Gasteiger partial charge in [0.15, 0.2) is 0 Å². The predicted octanol–water partition coefficient (Wildman–Crippen LogP) is 1.55. The molecule has 1 N–H and O–H groups in total. The Kier molecular flexibility index (Phi) is 6.41. The largest absolute Gasteiger partial charge is 0.456 e. The van der Waals surface area contributed by atoms with Gasteiger partial charge in [-0.1, -0.05) is 34.8 Å². The van der Waals surface area contributed by atoms with Gasteiger partial charge >= 0.3 is 5.97 Å². The van der Waals surface area contributed by atoms with Gasteiger partial charge in [0.1, 0.15) is 23.7 Å². The first-order valence-corrected chi connectivity index (χ1v) is 9.97. The van der Waals surface area contributed by atoms with E-state index in [1.165, 1.54) is 28.4 Å². The monoisotopic (exact) mass is 418 g/mol. The summed E-state index contributed by atoms with van der Waals surface area (Å²) in [6.45, 7) is -0.414. The lowest BCUT2D eigenvalue weighted by molar-refractivity contribution is -0.152. The third-order valence-corrected chi connectivity index (χ3v) is 5.48. The van der Waals surface area contributed by atoms with Crippen LogP contribution in [0, 0.1) is 0 Å². The average molecular weight is 420 g/mol. The minimum Gasteiger partial charge on any atom is -0.456 e. The molecule has 1 saturated heterocycles. The maximum absolute atomic E-state index is 12.4. The molecule has 6 nitrogen and oxygen atoms in total. The second kappa shape index (κ2) is 7.74. The first-order chi connectivity index (χ1) is 10.8. The van der Waals surface area contributed by atoms with Crippen molar-refractivity contribution in [3.8, 4) is 0 Å². The molecule has 11 heteroatoms. The van der Waals surface area contributed by atoms with Gasteiger partial charge < -0.3 is 10.1 Å². The van der Waals surface area contributed by atoms with E-state index in [0.29, 0.717) is 17.9 Å². The van der Waals surface area contributed by atoms with Gasteiger partial charge in [0.05, 0.1) is 0 Å². The highest BCUT2D eigenvalue weighted by molar-refractivity contribution is 8.00. The number of alkyl halides is 3. The summed E-state index contributed by atoms with van der Waals surface area (Å²) in [4.78, 5) is 36.5. The third-order valence-electron chi connectivity index (χ3n) is 3.17. The first-order valence-electron chi connectivity index (χ1n) is 6.39. The van der Waals surface area contributed by atoms with Crippen molar-refractivity contribution in [2.75, 3.05) is 24.4 Å². The molecule has 0 aliphatic carbocycles. The van der Waals surface area contributed by atoms with Crippen LogP contribution >= 0.6 is 58.3 Å². The van der Waals surface area contributed by atoms with Gasteiger partial charge in [-0.3, -0.25) is 14.5 Å². The van der Waals surface area contributed by atoms with Crippen molar-refractivity contribution in [1.29, 1.82) is 0 Å². The van der Waals surface area contributed by atoms with Crippen molar-refractivity contribution in [3.63, 3.8) is 0 Å². The Hall–Kier alpha value is -0.280. The Morgan fingerprint density at radius 3 is 2.83 bits per heavy atom. The number of carbonyl (C=O) groups excluding carboxylic acids is 3. The van der Waals surface area contributed by atoms with Crippen LogP contribution in [0.2, 0.25) is 0 Å². The molecule has 0 saturated carbocycles. The minimum atomic E-state index is -1.72. The van der Waals surface area contributed by atoms with Gasteiger partial charge in [-0.05, 0) is 11.8 Å². The molecule has 0 bridgehead atoms. The van der Waals surface area contributed by atoms with Crippen LogP contribution in [0.3, 0.4) is 0 Å². The molecule has 1 fully saturated rings. The van der Waals surface area contributed by atoms with Crippen LogP contribution in [-0.4, -0.2) is 62.8 Å². The molecular weight excluding hydrogens is 407 g/mol. The number of fused-ring (bicyclic) bond motifs is 1. The van der Waals surface area contributed by atoms with E-state index in [-0.39, 0.29) is 17.0 Å². The molecule has 2 aliphatic heterocycles. The van der Waals surface area contributed by atoms with Crippen molar-refractivity contribution < 1.29 is 19.1 Å². The number of hydrogen-bond donors (Lipinski definition) is 1. The predicted molar refractivity (Wildman–Crippen MR) is 92.7 cm³/mol. The molecule has 0 unspecified atom stereocenters. The number of esters is 1. The van der Waals surface area contributed by atoms with Crippen LogP contribution in [0.15, 0.2) is 11.3 Å². The van der Waals surface area contributed by atoms with E-state index >= 15 is 0 Å². The summed E-state index contributed by atoms with van der Waals surface area (Å²) in [6.07, 6.45) is 2.37. The number of rotatable bonds is 6.